The normalized spacial score (nSPS) is 12.1. The Morgan fingerprint density at radius 2 is 1.73 bits per heavy atom. The van der Waals surface area contributed by atoms with Gasteiger partial charge in [0.25, 0.3) is 0 Å². The van der Waals surface area contributed by atoms with Gasteiger partial charge in [-0.3, -0.25) is 4.79 Å². The number of benzene rings is 2. The van der Waals surface area contributed by atoms with Crippen LogP contribution in [0.3, 0.4) is 0 Å². The van der Waals surface area contributed by atoms with Crippen molar-refractivity contribution in [1.29, 1.82) is 0 Å². The zero-order chi connectivity index (χ0) is 21.8. The highest BCUT2D eigenvalue weighted by atomic mass is 35.5. The third-order valence-corrected chi connectivity index (χ3v) is 6.03. The van der Waals surface area contributed by atoms with Crippen molar-refractivity contribution in [2.24, 2.45) is 0 Å². The van der Waals surface area contributed by atoms with Gasteiger partial charge in [-0.15, -0.1) is 0 Å². The summed E-state index contributed by atoms with van der Waals surface area (Å²) in [4.78, 5) is 10.5. The fourth-order valence-corrected chi connectivity index (χ4v) is 4.05. The third-order valence-electron chi connectivity index (χ3n) is 5.80. The molecule has 0 radical (unpaired) electrons. The van der Waals surface area contributed by atoms with Gasteiger partial charge >= 0.3 is 5.97 Å². The molecule has 0 aromatic heterocycles. The molecule has 2 rings (SSSR count). The zero-order valence-corrected chi connectivity index (χ0v) is 19.2. The van der Waals surface area contributed by atoms with Gasteiger partial charge < -0.3 is 10.4 Å². The number of unbranched alkanes of at least 4 members (excludes halogenated alkanes) is 4. The Hall–Kier alpha value is -1.84. The molecule has 2 N–H and O–H groups in total. The number of carboxylic acid groups (broad SMARTS) is 1. The number of nitrogens with one attached hydrogen (secondary N) is 1. The lowest BCUT2D eigenvalue weighted by atomic mass is 9.87. The van der Waals surface area contributed by atoms with Crippen molar-refractivity contribution < 1.29 is 9.90 Å². The van der Waals surface area contributed by atoms with Crippen molar-refractivity contribution in [2.75, 3.05) is 13.1 Å². The summed E-state index contributed by atoms with van der Waals surface area (Å²) in [5, 5.41) is 12.6. The fourth-order valence-electron chi connectivity index (χ4n) is 3.85. The van der Waals surface area contributed by atoms with E-state index in [9.17, 15) is 4.79 Å². The van der Waals surface area contributed by atoms with E-state index in [1.807, 2.05) is 6.07 Å². The molecule has 0 aliphatic rings. The molecule has 0 amide bonds. The van der Waals surface area contributed by atoms with E-state index in [1.54, 1.807) is 0 Å². The standard InChI is InChI=1S/C26H36ClNO2/c1-20-12-13-22(17-21(20)2)18-23(24-10-8-11-25(27)19-24)9-6-4-3-5-7-15-28-16-14-26(29)30/h8,10-13,17,19,23,28H,3-7,9,14-16,18H2,1-2H3,(H,29,30). The van der Waals surface area contributed by atoms with Crippen LogP contribution in [0.25, 0.3) is 0 Å². The topological polar surface area (TPSA) is 49.3 Å². The van der Waals surface area contributed by atoms with Crippen molar-refractivity contribution in [3.63, 3.8) is 0 Å². The maximum atomic E-state index is 10.5. The van der Waals surface area contributed by atoms with Crippen molar-refractivity contribution >= 4 is 17.6 Å². The van der Waals surface area contributed by atoms with Crippen LogP contribution in [0.4, 0.5) is 0 Å². The van der Waals surface area contributed by atoms with E-state index >= 15 is 0 Å². The van der Waals surface area contributed by atoms with Gasteiger partial charge in [0, 0.05) is 11.6 Å². The number of hydrogen-bond acceptors (Lipinski definition) is 2. The predicted octanol–water partition coefficient (Wildman–Crippen LogP) is 6.69. The first-order valence-electron chi connectivity index (χ1n) is 11.2. The molecule has 30 heavy (non-hydrogen) atoms. The highest BCUT2D eigenvalue weighted by Crippen LogP contribution is 2.29. The Morgan fingerprint density at radius 3 is 2.47 bits per heavy atom. The lowest BCUT2D eigenvalue weighted by Gasteiger charge is -2.19. The molecular weight excluding hydrogens is 394 g/mol. The minimum Gasteiger partial charge on any atom is -0.481 e. The Labute approximate surface area is 186 Å². The summed E-state index contributed by atoms with van der Waals surface area (Å²) in [7, 11) is 0. The second-order valence-electron chi connectivity index (χ2n) is 8.32. The highest BCUT2D eigenvalue weighted by molar-refractivity contribution is 6.30. The van der Waals surface area contributed by atoms with Crippen LogP contribution in [0.15, 0.2) is 42.5 Å². The molecule has 0 aliphatic carbocycles. The van der Waals surface area contributed by atoms with Gasteiger partial charge in [-0.05, 0) is 80.0 Å². The average molecular weight is 430 g/mol. The summed E-state index contributed by atoms with van der Waals surface area (Å²) in [6.45, 7) is 5.82. The first-order valence-corrected chi connectivity index (χ1v) is 11.6. The van der Waals surface area contributed by atoms with Gasteiger partial charge in [0.15, 0.2) is 0 Å². The third kappa shape index (κ3) is 9.32. The van der Waals surface area contributed by atoms with Gasteiger partial charge in [0.1, 0.15) is 0 Å². The molecule has 1 atom stereocenters. The van der Waals surface area contributed by atoms with Crippen LogP contribution >= 0.6 is 11.6 Å². The lowest BCUT2D eigenvalue weighted by molar-refractivity contribution is -0.136. The molecule has 0 spiro atoms. The van der Waals surface area contributed by atoms with Crippen LogP contribution in [0.5, 0.6) is 0 Å². The smallest absolute Gasteiger partial charge is 0.304 e. The van der Waals surface area contributed by atoms with Gasteiger partial charge in [-0.25, -0.2) is 0 Å². The van der Waals surface area contributed by atoms with E-state index in [0.29, 0.717) is 12.5 Å². The number of carbonyl (C=O) groups is 1. The van der Waals surface area contributed by atoms with Gasteiger partial charge in [-0.2, -0.15) is 0 Å². The molecule has 0 bridgehead atoms. The monoisotopic (exact) mass is 429 g/mol. The first kappa shape index (κ1) is 24.4. The minimum absolute atomic E-state index is 0.200. The second-order valence-corrected chi connectivity index (χ2v) is 8.76. The van der Waals surface area contributed by atoms with Crippen LogP contribution < -0.4 is 5.32 Å². The van der Waals surface area contributed by atoms with E-state index in [2.05, 4.69) is 55.6 Å². The van der Waals surface area contributed by atoms with Gasteiger partial charge in [0.2, 0.25) is 0 Å². The zero-order valence-electron chi connectivity index (χ0n) is 18.4. The summed E-state index contributed by atoms with van der Waals surface area (Å²) >= 11 is 6.27. The molecule has 2 aromatic carbocycles. The Bertz CT molecular complexity index is 790. The molecule has 0 saturated heterocycles. The summed E-state index contributed by atoms with van der Waals surface area (Å²) in [5.74, 6) is -0.249. The van der Waals surface area contributed by atoms with Gasteiger partial charge in [-0.1, -0.05) is 67.6 Å². The molecule has 164 valence electrons. The number of aliphatic carboxylic acids is 1. The lowest BCUT2D eigenvalue weighted by Crippen LogP contribution is -2.19. The van der Waals surface area contributed by atoms with Crippen LogP contribution in [0, 0.1) is 13.8 Å². The number of rotatable bonds is 14. The molecule has 0 heterocycles. The van der Waals surface area contributed by atoms with Crippen molar-refractivity contribution in [1.82, 2.24) is 5.32 Å². The van der Waals surface area contributed by atoms with Crippen LogP contribution in [0.1, 0.15) is 73.1 Å². The van der Waals surface area contributed by atoms with E-state index in [1.165, 1.54) is 54.4 Å². The molecule has 3 nitrogen and oxygen atoms in total. The van der Waals surface area contributed by atoms with Crippen LogP contribution in [-0.4, -0.2) is 24.2 Å². The Balaban J connectivity index is 1.78. The van der Waals surface area contributed by atoms with Crippen molar-refractivity contribution in [2.45, 2.75) is 71.1 Å². The minimum atomic E-state index is -0.738. The molecule has 0 fully saturated rings. The maximum absolute atomic E-state index is 10.5. The van der Waals surface area contributed by atoms with E-state index in [-0.39, 0.29) is 6.42 Å². The average Bonchev–Trinajstić information content (AvgIpc) is 2.71. The molecule has 0 aliphatic heterocycles. The van der Waals surface area contributed by atoms with Crippen LogP contribution in [-0.2, 0) is 11.2 Å². The molecular formula is C26H36ClNO2. The first-order chi connectivity index (χ1) is 14.5. The fraction of sp³-hybridized carbons (Fsp3) is 0.500. The van der Waals surface area contributed by atoms with Crippen molar-refractivity contribution in [3.05, 3.63) is 69.7 Å². The molecule has 1 unspecified atom stereocenters. The Morgan fingerprint density at radius 1 is 0.967 bits per heavy atom. The number of aryl methyl sites for hydroxylation is 2. The van der Waals surface area contributed by atoms with E-state index in [4.69, 9.17) is 16.7 Å². The van der Waals surface area contributed by atoms with Crippen LogP contribution in [0.2, 0.25) is 5.02 Å². The molecule has 4 heteroatoms. The molecule has 2 aromatic rings. The largest absolute Gasteiger partial charge is 0.481 e. The highest BCUT2D eigenvalue weighted by Gasteiger charge is 2.13. The molecule has 0 saturated carbocycles. The Kier molecular flexibility index (Phi) is 11.0. The number of hydrogen-bond donors (Lipinski definition) is 2. The van der Waals surface area contributed by atoms with Gasteiger partial charge in [0.05, 0.1) is 6.42 Å². The number of carboxylic acids is 1. The summed E-state index contributed by atoms with van der Waals surface area (Å²) in [6, 6.07) is 15.1. The summed E-state index contributed by atoms with van der Waals surface area (Å²) in [5.41, 5.74) is 5.43. The second kappa shape index (κ2) is 13.5. The summed E-state index contributed by atoms with van der Waals surface area (Å²) < 4.78 is 0. The maximum Gasteiger partial charge on any atom is 0.304 e. The van der Waals surface area contributed by atoms with E-state index in [0.717, 1.165) is 24.4 Å². The van der Waals surface area contributed by atoms with E-state index < -0.39 is 5.97 Å². The SMILES string of the molecule is Cc1ccc(CC(CCCCCCCNCCC(=O)O)c2cccc(Cl)c2)cc1C. The van der Waals surface area contributed by atoms with Crippen molar-refractivity contribution in [3.8, 4) is 0 Å². The quantitative estimate of drug-likeness (QED) is 0.329. The predicted molar refractivity (Wildman–Crippen MR) is 127 cm³/mol. The summed E-state index contributed by atoms with van der Waals surface area (Å²) in [6.07, 6.45) is 8.41. The number of halogens is 1.